The molecule has 2 rings (SSSR count). The van der Waals surface area contributed by atoms with Crippen molar-refractivity contribution in [2.24, 2.45) is 5.92 Å². The molecule has 0 fully saturated rings. The fourth-order valence-corrected chi connectivity index (χ4v) is 1.91. The van der Waals surface area contributed by atoms with Crippen LogP contribution in [0.15, 0.2) is 34.7 Å². The number of aromatic nitrogens is 2. The Balaban J connectivity index is 2.23. The lowest BCUT2D eigenvalue weighted by Crippen LogP contribution is -2.43. The SMILES string of the molecule is CC(=O)NC(C(=O)c1nnc(-c2ccccc2)o1)C(C)C. The number of hydrogen-bond acceptors (Lipinski definition) is 5. The second kappa shape index (κ2) is 6.30. The Morgan fingerprint density at radius 3 is 2.38 bits per heavy atom. The van der Waals surface area contributed by atoms with Crippen molar-refractivity contribution in [3.05, 3.63) is 36.2 Å². The lowest BCUT2D eigenvalue weighted by molar-refractivity contribution is -0.119. The number of carbonyl (C=O) groups is 2. The standard InChI is InChI=1S/C15H17N3O3/c1-9(2)12(16-10(3)19)13(20)15-18-17-14(21-15)11-7-5-4-6-8-11/h4-9,12H,1-3H3,(H,16,19). The summed E-state index contributed by atoms with van der Waals surface area (Å²) in [6.07, 6.45) is 0. The molecule has 1 atom stereocenters. The first-order valence-corrected chi connectivity index (χ1v) is 6.69. The third kappa shape index (κ3) is 3.53. The van der Waals surface area contributed by atoms with Crippen LogP contribution in [0, 0.1) is 5.92 Å². The highest BCUT2D eigenvalue weighted by molar-refractivity contribution is 5.98. The van der Waals surface area contributed by atoms with Crippen LogP contribution in [0.4, 0.5) is 0 Å². The summed E-state index contributed by atoms with van der Waals surface area (Å²) in [6.45, 7) is 5.05. The van der Waals surface area contributed by atoms with Crippen molar-refractivity contribution in [3.63, 3.8) is 0 Å². The number of nitrogens with one attached hydrogen (secondary N) is 1. The van der Waals surface area contributed by atoms with E-state index in [9.17, 15) is 9.59 Å². The summed E-state index contributed by atoms with van der Waals surface area (Å²) in [5.41, 5.74) is 0.740. The van der Waals surface area contributed by atoms with Gasteiger partial charge in [0.2, 0.25) is 17.6 Å². The van der Waals surface area contributed by atoms with Gasteiger partial charge in [0.1, 0.15) is 0 Å². The van der Waals surface area contributed by atoms with Crippen molar-refractivity contribution in [3.8, 4) is 11.5 Å². The van der Waals surface area contributed by atoms with E-state index in [1.807, 2.05) is 44.2 Å². The van der Waals surface area contributed by atoms with Crippen molar-refractivity contribution in [2.75, 3.05) is 0 Å². The molecule has 0 saturated carbocycles. The molecular weight excluding hydrogens is 270 g/mol. The first-order valence-electron chi connectivity index (χ1n) is 6.69. The Labute approximate surface area is 122 Å². The molecular formula is C15H17N3O3. The molecule has 0 aliphatic carbocycles. The molecule has 0 aliphatic rings. The molecule has 2 aromatic rings. The molecule has 1 aromatic heterocycles. The molecule has 1 unspecified atom stereocenters. The van der Waals surface area contributed by atoms with Gasteiger partial charge in [-0.05, 0) is 18.1 Å². The van der Waals surface area contributed by atoms with Crippen molar-refractivity contribution < 1.29 is 14.0 Å². The van der Waals surface area contributed by atoms with Gasteiger partial charge in [0, 0.05) is 12.5 Å². The molecule has 1 aromatic carbocycles. The maximum Gasteiger partial charge on any atom is 0.286 e. The normalized spacial score (nSPS) is 12.2. The molecule has 110 valence electrons. The summed E-state index contributed by atoms with van der Waals surface area (Å²) in [7, 11) is 0. The largest absolute Gasteiger partial charge is 0.414 e. The van der Waals surface area contributed by atoms with Crippen molar-refractivity contribution >= 4 is 11.7 Å². The highest BCUT2D eigenvalue weighted by Gasteiger charge is 2.28. The maximum atomic E-state index is 12.4. The molecule has 6 nitrogen and oxygen atoms in total. The molecule has 0 bridgehead atoms. The third-order valence-corrected chi connectivity index (χ3v) is 2.96. The summed E-state index contributed by atoms with van der Waals surface area (Å²) in [5.74, 6) is -0.543. The van der Waals surface area contributed by atoms with Gasteiger partial charge in [-0.1, -0.05) is 32.0 Å². The number of rotatable bonds is 5. The lowest BCUT2D eigenvalue weighted by Gasteiger charge is -2.18. The summed E-state index contributed by atoms with van der Waals surface area (Å²) in [6, 6.07) is 8.51. The van der Waals surface area contributed by atoms with Crippen LogP contribution in [-0.4, -0.2) is 27.9 Å². The number of hydrogen-bond donors (Lipinski definition) is 1. The van der Waals surface area contributed by atoms with Crippen LogP contribution < -0.4 is 5.32 Å². The summed E-state index contributed by atoms with van der Waals surface area (Å²) < 4.78 is 5.42. The van der Waals surface area contributed by atoms with Gasteiger partial charge in [-0.15, -0.1) is 10.2 Å². The Kier molecular flexibility index (Phi) is 4.47. The zero-order valence-electron chi connectivity index (χ0n) is 12.2. The van der Waals surface area contributed by atoms with Gasteiger partial charge in [0.25, 0.3) is 5.89 Å². The zero-order chi connectivity index (χ0) is 15.4. The minimum Gasteiger partial charge on any atom is -0.414 e. The average Bonchev–Trinajstić information content (AvgIpc) is 2.94. The molecule has 0 radical (unpaired) electrons. The molecule has 1 heterocycles. The van der Waals surface area contributed by atoms with Crippen LogP contribution in [-0.2, 0) is 4.79 Å². The first-order chi connectivity index (χ1) is 9.99. The topological polar surface area (TPSA) is 85.1 Å². The predicted molar refractivity (Wildman–Crippen MR) is 76.5 cm³/mol. The Bertz CT molecular complexity index is 635. The Hall–Kier alpha value is -2.50. The van der Waals surface area contributed by atoms with Gasteiger partial charge >= 0.3 is 0 Å². The van der Waals surface area contributed by atoms with E-state index in [1.165, 1.54) is 6.92 Å². The molecule has 0 aliphatic heterocycles. The number of nitrogens with zero attached hydrogens (tertiary/aromatic N) is 2. The average molecular weight is 287 g/mol. The predicted octanol–water partition coefficient (Wildman–Crippen LogP) is 2.08. The number of benzene rings is 1. The van der Waals surface area contributed by atoms with Gasteiger partial charge in [-0.3, -0.25) is 9.59 Å². The Morgan fingerprint density at radius 2 is 1.81 bits per heavy atom. The molecule has 6 heteroatoms. The van der Waals surface area contributed by atoms with Gasteiger partial charge < -0.3 is 9.73 Å². The van der Waals surface area contributed by atoms with Crippen LogP contribution in [0.5, 0.6) is 0 Å². The lowest BCUT2D eigenvalue weighted by atomic mass is 10.00. The second-order valence-corrected chi connectivity index (χ2v) is 5.06. The number of ketones is 1. The molecule has 1 N–H and O–H groups in total. The minimum absolute atomic E-state index is 0.0755. The van der Waals surface area contributed by atoms with Gasteiger partial charge in [-0.2, -0.15) is 0 Å². The quantitative estimate of drug-likeness (QED) is 0.851. The molecule has 0 spiro atoms. The zero-order valence-corrected chi connectivity index (χ0v) is 12.2. The van der Waals surface area contributed by atoms with Crippen LogP contribution in [0.25, 0.3) is 11.5 Å². The van der Waals surface area contributed by atoms with Gasteiger partial charge in [0.15, 0.2) is 0 Å². The molecule has 21 heavy (non-hydrogen) atoms. The Morgan fingerprint density at radius 1 is 1.14 bits per heavy atom. The number of carbonyl (C=O) groups excluding carboxylic acids is 2. The van der Waals surface area contributed by atoms with E-state index in [4.69, 9.17) is 4.42 Å². The van der Waals surface area contributed by atoms with Crippen molar-refractivity contribution in [1.29, 1.82) is 0 Å². The highest BCUT2D eigenvalue weighted by Crippen LogP contribution is 2.18. The maximum absolute atomic E-state index is 12.4. The van der Waals surface area contributed by atoms with Crippen LogP contribution >= 0.6 is 0 Å². The fourth-order valence-electron chi connectivity index (χ4n) is 1.91. The fraction of sp³-hybridized carbons (Fsp3) is 0.333. The summed E-state index contributed by atoms with van der Waals surface area (Å²) >= 11 is 0. The smallest absolute Gasteiger partial charge is 0.286 e. The summed E-state index contributed by atoms with van der Waals surface area (Å²) in [4.78, 5) is 23.5. The van der Waals surface area contributed by atoms with Crippen LogP contribution in [0.3, 0.4) is 0 Å². The van der Waals surface area contributed by atoms with E-state index in [-0.39, 0.29) is 29.4 Å². The third-order valence-electron chi connectivity index (χ3n) is 2.96. The highest BCUT2D eigenvalue weighted by atomic mass is 16.4. The van der Waals surface area contributed by atoms with Crippen LogP contribution in [0.1, 0.15) is 31.5 Å². The van der Waals surface area contributed by atoms with Gasteiger partial charge in [-0.25, -0.2) is 0 Å². The van der Waals surface area contributed by atoms with E-state index in [1.54, 1.807) is 0 Å². The second-order valence-electron chi connectivity index (χ2n) is 5.06. The first kappa shape index (κ1) is 14.9. The van der Waals surface area contributed by atoms with Gasteiger partial charge in [0.05, 0.1) is 6.04 Å². The number of amides is 1. The minimum atomic E-state index is -0.674. The van der Waals surface area contributed by atoms with E-state index in [2.05, 4.69) is 15.5 Å². The van der Waals surface area contributed by atoms with Crippen molar-refractivity contribution in [1.82, 2.24) is 15.5 Å². The molecule has 0 saturated heterocycles. The van der Waals surface area contributed by atoms with Crippen molar-refractivity contribution in [2.45, 2.75) is 26.8 Å². The summed E-state index contributed by atoms with van der Waals surface area (Å²) in [5, 5.41) is 10.3. The van der Waals surface area contributed by atoms with E-state index >= 15 is 0 Å². The van der Waals surface area contributed by atoms with E-state index in [0.717, 1.165) is 5.56 Å². The van der Waals surface area contributed by atoms with E-state index in [0.29, 0.717) is 0 Å². The van der Waals surface area contributed by atoms with E-state index < -0.39 is 6.04 Å². The molecule has 1 amide bonds. The van der Waals surface area contributed by atoms with Crippen LogP contribution in [0.2, 0.25) is 0 Å². The monoisotopic (exact) mass is 287 g/mol. The number of Topliss-reactive ketones (excluding diaryl/α,β-unsaturated/α-hetero) is 1.